The lowest BCUT2D eigenvalue weighted by Crippen LogP contribution is -2.42. The van der Waals surface area contributed by atoms with E-state index < -0.39 is 0 Å². The summed E-state index contributed by atoms with van der Waals surface area (Å²) in [6.45, 7) is 7.19. The molecule has 0 bridgehead atoms. The highest BCUT2D eigenvalue weighted by Crippen LogP contribution is 2.16. The summed E-state index contributed by atoms with van der Waals surface area (Å²) in [4.78, 5) is 16.7. The summed E-state index contributed by atoms with van der Waals surface area (Å²) in [5.41, 5.74) is 2.70. The number of carbonyl (C=O) groups is 1. The first kappa shape index (κ1) is 18.8. The van der Waals surface area contributed by atoms with Crippen LogP contribution in [0.25, 0.3) is 0 Å². The SMILES string of the molecule is C[C@@H](CN1CCCC(=O)CC1)N(Cc1ccccc1)Cc1ccccc1. The predicted molar refractivity (Wildman–Crippen MR) is 107 cm³/mol. The van der Waals surface area contributed by atoms with Crippen LogP contribution in [0.5, 0.6) is 0 Å². The van der Waals surface area contributed by atoms with Crippen molar-refractivity contribution in [3.05, 3.63) is 71.8 Å². The fourth-order valence-electron chi connectivity index (χ4n) is 3.69. The fraction of sp³-hybridized carbons (Fsp3) is 0.435. The Kier molecular flexibility index (Phi) is 6.98. The quantitative estimate of drug-likeness (QED) is 0.750. The highest BCUT2D eigenvalue weighted by molar-refractivity contribution is 5.78. The molecule has 0 saturated carbocycles. The zero-order chi connectivity index (χ0) is 18.2. The van der Waals surface area contributed by atoms with Gasteiger partial charge in [0, 0.05) is 45.1 Å². The summed E-state index contributed by atoms with van der Waals surface area (Å²) in [5, 5.41) is 0. The average molecular weight is 351 g/mol. The molecule has 0 radical (unpaired) electrons. The lowest BCUT2D eigenvalue weighted by atomic mass is 10.1. The molecule has 0 aliphatic carbocycles. The van der Waals surface area contributed by atoms with Crippen molar-refractivity contribution in [2.24, 2.45) is 0 Å². The molecule has 1 aliphatic rings. The Morgan fingerprint density at radius 1 is 0.885 bits per heavy atom. The Labute approximate surface area is 157 Å². The maximum absolute atomic E-state index is 11.7. The Bertz CT molecular complexity index is 630. The number of ketones is 1. The average Bonchev–Trinajstić information content (AvgIpc) is 2.87. The number of carbonyl (C=O) groups excluding carboxylic acids is 1. The minimum absolute atomic E-state index is 0.422. The van der Waals surface area contributed by atoms with E-state index in [9.17, 15) is 4.79 Å². The highest BCUT2D eigenvalue weighted by Gasteiger charge is 2.20. The molecular weight excluding hydrogens is 320 g/mol. The van der Waals surface area contributed by atoms with Crippen LogP contribution >= 0.6 is 0 Å². The van der Waals surface area contributed by atoms with Crippen molar-refractivity contribution >= 4 is 5.78 Å². The predicted octanol–water partition coefficient (Wildman–Crippen LogP) is 4.13. The van der Waals surface area contributed by atoms with Crippen molar-refractivity contribution in [1.29, 1.82) is 0 Å². The van der Waals surface area contributed by atoms with Gasteiger partial charge in [0.05, 0.1) is 0 Å². The van der Waals surface area contributed by atoms with E-state index in [1.165, 1.54) is 11.1 Å². The van der Waals surface area contributed by atoms with Crippen LogP contribution in [0.1, 0.15) is 37.3 Å². The summed E-state index contributed by atoms with van der Waals surface area (Å²) in [7, 11) is 0. The molecule has 3 rings (SSSR count). The standard InChI is InChI=1S/C23H30N2O/c1-20(17-24-15-8-13-23(26)14-16-24)25(18-21-9-4-2-5-10-21)19-22-11-6-3-7-12-22/h2-7,9-12,20H,8,13-19H2,1H3/t20-/m0/s1. The highest BCUT2D eigenvalue weighted by atomic mass is 16.1. The second kappa shape index (κ2) is 9.65. The maximum Gasteiger partial charge on any atom is 0.134 e. The molecule has 0 aromatic heterocycles. The van der Waals surface area contributed by atoms with Gasteiger partial charge in [-0.25, -0.2) is 0 Å². The summed E-state index contributed by atoms with van der Waals surface area (Å²) in [6, 6.07) is 21.8. The van der Waals surface area contributed by atoms with E-state index in [1.54, 1.807) is 0 Å². The van der Waals surface area contributed by atoms with Gasteiger partial charge in [0.2, 0.25) is 0 Å². The molecule has 1 heterocycles. The maximum atomic E-state index is 11.7. The van der Waals surface area contributed by atoms with Crippen LogP contribution in [0.15, 0.2) is 60.7 Å². The van der Waals surface area contributed by atoms with Gasteiger partial charge in [0.1, 0.15) is 5.78 Å². The van der Waals surface area contributed by atoms with Gasteiger partial charge in [0.25, 0.3) is 0 Å². The van der Waals surface area contributed by atoms with E-state index in [2.05, 4.69) is 77.4 Å². The molecule has 0 spiro atoms. The summed E-state index contributed by atoms with van der Waals surface area (Å²) < 4.78 is 0. The van der Waals surface area contributed by atoms with E-state index in [1.807, 2.05) is 0 Å². The largest absolute Gasteiger partial charge is 0.301 e. The minimum atomic E-state index is 0.422. The first-order valence-corrected chi connectivity index (χ1v) is 9.76. The Morgan fingerprint density at radius 3 is 2.04 bits per heavy atom. The minimum Gasteiger partial charge on any atom is -0.301 e. The second-order valence-corrected chi connectivity index (χ2v) is 7.42. The number of Topliss-reactive ketones (excluding diaryl/α,β-unsaturated/α-hetero) is 1. The zero-order valence-electron chi connectivity index (χ0n) is 15.8. The molecule has 0 N–H and O–H groups in total. The molecule has 1 saturated heterocycles. The van der Waals surface area contributed by atoms with Crippen LogP contribution in [-0.4, -0.2) is 41.3 Å². The van der Waals surface area contributed by atoms with Gasteiger partial charge in [-0.1, -0.05) is 60.7 Å². The van der Waals surface area contributed by atoms with Crippen molar-refractivity contribution in [3.63, 3.8) is 0 Å². The van der Waals surface area contributed by atoms with Crippen molar-refractivity contribution in [2.45, 2.75) is 45.3 Å². The van der Waals surface area contributed by atoms with Gasteiger partial charge in [-0.2, -0.15) is 0 Å². The smallest absolute Gasteiger partial charge is 0.134 e. The van der Waals surface area contributed by atoms with Gasteiger partial charge >= 0.3 is 0 Å². The summed E-state index contributed by atoms with van der Waals surface area (Å²) in [5.74, 6) is 0.422. The molecule has 0 unspecified atom stereocenters. The number of hydrogen-bond donors (Lipinski definition) is 0. The Morgan fingerprint density at radius 2 is 1.46 bits per heavy atom. The molecule has 3 nitrogen and oxygen atoms in total. The van der Waals surface area contributed by atoms with E-state index in [0.717, 1.165) is 45.6 Å². The molecule has 138 valence electrons. The topological polar surface area (TPSA) is 23.6 Å². The zero-order valence-corrected chi connectivity index (χ0v) is 15.8. The van der Waals surface area contributed by atoms with Crippen molar-refractivity contribution < 1.29 is 4.79 Å². The first-order chi connectivity index (χ1) is 12.7. The van der Waals surface area contributed by atoms with Gasteiger partial charge in [-0.15, -0.1) is 0 Å². The van der Waals surface area contributed by atoms with Crippen LogP contribution in [0.4, 0.5) is 0 Å². The van der Waals surface area contributed by atoms with Crippen molar-refractivity contribution in [3.8, 4) is 0 Å². The number of likely N-dealkylation sites (tertiary alicyclic amines) is 1. The molecule has 0 amide bonds. The van der Waals surface area contributed by atoms with Crippen LogP contribution in [0.3, 0.4) is 0 Å². The lowest BCUT2D eigenvalue weighted by molar-refractivity contribution is -0.118. The third-order valence-corrected chi connectivity index (χ3v) is 5.24. The molecule has 2 aromatic carbocycles. The molecule has 3 heteroatoms. The third kappa shape index (κ3) is 5.79. The van der Waals surface area contributed by atoms with Gasteiger partial charge in [-0.05, 0) is 31.0 Å². The van der Waals surface area contributed by atoms with Crippen LogP contribution in [0.2, 0.25) is 0 Å². The van der Waals surface area contributed by atoms with Crippen LogP contribution < -0.4 is 0 Å². The van der Waals surface area contributed by atoms with E-state index in [4.69, 9.17) is 0 Å². The molecule has 1 atom stereocenters. The summed E-state index contributed by atoms with van der Waals surface area (Å²) in [6.07, 6.45) is 2.47. The summed E-state index contributed by atoms with van der Waals surface area (Å²) >= 11 is 0. The number of rotatable bonds is 7. The number of benzene rings is 2. The van der Waals surface area contributed by atoms with Crippen molar-refractivity contribution in [1.82, 2.24) is 9.80 Å². The monoisotopic (exact) mass is 350 g/mol. The van der Waals surface area contributed by atoms with Gasteiger partial charge in [0.15, 0.2) is 0 Å². The molecular formula is C23H30N2O. The van der Waals surface area contributed by atoms with Gasteiger partial charge in [-0.3, -0.25) is 9.69 Å². The molecule has 1 fully saturated rings. The Balaban J connectivity index is 1.67. The van der Waals surface area contributed by atoms with Crippen molar-refractivity contribution in [2.75, 3.05) is 19.6 Å². The van der Waals surface area contributed by atoms with E-state index in [0.29, 0.717) is 18.2 Å². The Hall–Kier alpha value is -1.97. The lowest BCUT2D eigenvalue weighted by Gasteiger charge is -2.33. The van der Waals surface area contributed by atoms with E-state index in [-0.39, 0.29) is 0 Å². The molecule has 26 heavy (non-hydrogen) atoms. The number of hydrogen-bond acceptors (Lipinski definition) is 3. The third-order valence-electron chi connectivity index (χ3n) is 5.24. The van der Waals surface area contributed by atoms with Gasteiger partial charge < -0.3 is 4.90 Å². The molecule has 2 aromatic rings. The van der Waals surface area contributed by atoms with Crippen LogP contribution in [0, 0.1) is 0 Å². The molecule has 1 aliphatic heterocycles. The van der Waals surface area contributed by atoms with E-state index >= 15 is 0 Å². The second-order valence-electron chi connectivity index (χ2n) is 7.42. The fourth-order valence-corrected chi connectivity index (χ4v) is 3.69. The number of nitrogens with zero attached hydrogens (tertiary/aromatic N) is 2. The first-order valence-electron chi connectivity index (χ1n) is 9.76. The normalized spacial score (nSPS) is 17.2. The van der Waals surface area contributed by atoms with Crippen LogP contribution in [-0.2, 0) is 17.9 Å².